The number of phosphoric ester groups is 1. The van der Waals surface area contributed by atoms with Gasteiger partial charge in [0.15, 0.2) is 11.6 Å². The standard InChI is InChI=1S/C64H68N5O23P3/c1-67(2)40-19-24-45-54(31-40)89-55-32-41(68(3)4)20-25-46(55)62(45)44-23-18-38(30-49(44)64(77)78)50(71)15-11-28-65-58(74)17-9-10-29-86-43-22-26-48-56(33-43)88-53-16-8-7-14-47(53)63(48)66-59(75)27-21-42(70)13-6-5-12-39-36-69(60(76)34-51(39)72)61-35-52(73)57(90-61)37-87-94(82,83)92-95(84,85)91-93(79,80)81/h7-8,14,16,18-20,22-26,30-33,36,52,57,61,63,73H,6,9-11,13,15,17,21,27-29,34-35,37H2,1-4H3,(H6-,65,66,74,75,77,78,79,80,81,82,83,84,85)/p-2. The number of carbonyl (C=O) groups excluding carboxylic acids is 7. The number of ether oxygens (including phenoxy) is 3. The summed E-state index contributed by atoms with van der Waals surface area (Å²) < 4.78 is 71.8. The minimum atomic E-state index is -6.12. The Hall–Kier alpha value is -8.51. The molecular weight excluding hydrogens is 1300 g/mol. The molecule has 4 aromatic rings. The summed E-state index contributed by atoms with van der Waals surface area (Å²) in [6, 6.07) is 27.7. The number of hydrogen-bond donors (Lipinski definition) is 5. The van der Waals surface area contributed by atoms with Crippen LogP contribution in [0.25, 0.3) is 33.4 Å². The third-order valence-corrected chi connectivity index (χ3v) is 19.2. The molecule has 1 fully saturated rings. The highest BCUT2D eigenvalue weighted by Crippen LogP contribution is 2.62. The summed E-state index contributed by atoms with van der Waals surface area (Å²) in [6.45, 7) is -0.581. The van der Waals surface area contributed by atoms with Crippen molar-refractivity contribution in [1.29, 1.82) is 0 Å². The lowest BCUT2D eigenvalue weighted by Crippen LogP contribution is -2.41. The lowest BCUT2D eigenvalue weighted by molar-refractivity contribution is -0.255. The van der Waals surface area contributed by atoms with E-state index < -0.39 is 84.5 Å². The van der Waals surface area contributed by atoms with E-state index in [2.05, 4.69) is 35.6 Å². The molecule has 28 nitrogen and oxygen atoms in total. The van der Waals surface area contributed by atoms with Gasteiger partial charge in [-0.15, -0.1) is 0 Å². The molecule has 6 atom stereocenters. The zero-order valence-corrected chi connectivity index (χ0v) is 54.4. The number of amides is 3. The van der Waals surface area contributed by atoms with E-state index in [0.717, 1.165) is 22.1 Å². The molecule has 0 spiro atoms. The molecule has 31 heteroatoms. The van der Waals surface area contributed by atoms with E-state index in [1.54, 1.807) is 54.6 Å². The van der Waals surface area contributed by atoms with Crippen molar-refractivity contribution in [2.24, 2.45) is 0 Å². The second-order valence-electron chi connectivity index (χ2n) is 22.8. The summed E-state index contributed by atoms with van der Waals surface area (Å²) >= 11 is 0. The summed E-state index contributed by atoms with van der Waals surface area (Å²) in [5, 5.41) is 30.7. The number of allylic oxidation sites excluding steroid dienone is 1. The van der Waals surface area contributed by atoms with Crippen molar-refractivity contribution >= 4 is 81.2 Å². The molecule has 9 rings (SSSR count). The molecule has 0 radical (unpaired) electrons. The molecule has 502 valence electrons. The molecule has 1 saturated heterocycles. The average Bonchev–Trinajstić information content (AvgIpc) is 0.801. The van der Waals surface area contributed by atoms with Crippen LogP contribution in [0.5, 0.6) is 17.2 Å². The number of carboxylic acids is 1. The zero-order valence-electron chi connectivity index (χ0n) is 51.7. The maximum absolute atomic E-state index is 13.5. The number of fused-ring (bicyclic) bond motifs is 4. The first-order chi connectivity index (χ1) is 45.0. The number of para-hydroxylation sites is 1. The fourth-order valence-electron chi connectivity index (χ4n) is 10.7. The summed E-state index contributed by atoms with van der Waals surface area (Å²) in [5.74, 6) is 3.17. The van der Waals surface area contributed by atoms with E-state index in [9.17, 15) is 67.3 Å². The lowest BCUT2D eigenvalue weighted by Gasteiger charge is -2.31. The predicted octanol–water partition coefficient (Wildman–Crippen LogP) is 4.68. The van der Waals surface area contributed by atoms with E-state index in [-0.39, 0.29) is 92.3 Å². The number of ketones is 3. The van der Waals surface area contributed by atoms with Crippen molar-refractivity contribution in [1.82, 2.24) is 20.1 Å². The quantitative estimate of drug-likeness (QED) is 0.00846. The first-order valence-electron chi connectivity index (χ1n) is 29.8. The Balaban J connectivity index is 0.700. The summed E-state index contributed by atoms with van der Waals surface area (Å²) in [5.41, 5.74) is 4.35. The lowest BCUT2D eigenvalue weighted by atomic mass is 9.89. The second-order valence-corrected chi connectivity index (χ2v) is 27.1. The molecule has 5 aliphatic rings. The number of nitrogens with zero attached hydrogens (tertiary/aromatic N) is 3. The fourth-order valence-corrected chi connectivity index (χ4v) is 13.6. The Morgan fingerprint density at radius 1 is 0.811 bits per heavy atom. The summed E-state index contributed by atoms with van der Waals surface area (Å²) in [4.78, 5) is 135. The number of nitrogens with one attached hydrogen (secondary N) is 2. The molecule has 0 saturated carbocycles. The molecule has 4 aliphatic heterocycles. The number of Topliss-reactive ketones (excluding diaryl/α,β-unsaturated/α-hetero) is 3. The van der Waals surface area contributed by atoms with Gasteiger partial charge in [0.25, 0.3) is 15.6 Å². The van der Waals surface area contributed by atoms with Crippen LogP contribution in [0.3, 0.4) is 0 Å². The Morgan fingerprint density at radius 2 is 1.57 bits per heavy atom. The number of aliphatic hydroxyl groups is 1. The molecule has 95 heavy (non-hydrogen) atoms. The molecule has 4 heterocycles. The van der Waals surface area contributed by atoms with Crippen molar-refractivity contribution < 1.29 is 109 Å². The molecule has 6 unspecified atom stereocenters. The highest BCUT2D eigenvalue weighted by Gasteiger charge is 2.42. The number of aliphatic hydroxyl groups excluding tert-OH is 1. The number of rotatable bonds is 28. The SMILES string of the molecule is CN(C)c1ccc2c(-c3ccc(C(=O)CCCNC(=O)CCCCOc4ccc5c(c4)Oc4ccccc4C5NC(=O)CCC(=O)CCC#CC4=CN(C5CC(O)C(COP(=O)([O-])OP(=O)([O-])OP(=O)(O)O)O5)C(=O)CC4=O)cc3C(=O)[O-])c3ccc(=[N+](C)C)cc-3oc2c1. The highest BCUT2D eigenvalue weighted by atomic mass is 31.3. The maximum Gasteiger partial charge on any atom is 0.476 e. The minimum Gasteiger partial charge on any atom is -0.756 e. The van der Waals surface area contributed by atoms with Gasteiger partial charge in [0.2, 0.25) is 23.1 Å². The topological polar surface area (TPSA) is 403 Å². The van der Waals surface area contributed by atoms with Gasteiger partial charge in [-0.1, -0.05) is 42.2 Å². The van der Waals surface area contributed by atoms with E-state index >= 15 is 0 Å². The van der Waals surface area contributed by atoms with Crippen molar-refractivity contribution in [3.63, 3.8) is 0 Å². The Labute approximate surface area is 543 Å². The van der Waals surface area contributed by atoms with Crippen LogP contribution in [0, 0.1) is 11.8 Å². The molecule has 0 aromatic heterocycles. The maximum atomic E-state index is 13.5. The van der Waals surface area contributed by atoms with Gasteiger partial charge in [0.1, 0.15) is 60.8 Å². The Morgan fingerprint density at radius 3 is 2.32 bits per heavy atom. The zero-order chi connectivity index (χ0) is 68.5. The van der Waals surface area contributed by atoms with Gasteiger partial charge < -0.3 is 73.3 Å². The minimum absolute atomic E-state index is 0.0321. The van der Waals surface area contributed by atoms with Gasteiger partial charge in [-0.3, -0.25) is 42.8 Å². The first kappa shape index (κ1) is 70.8. The fraction of sp³-hybridized carbons (Fsp3) is 0.344. The number of aromatic carboxylic acids is 1. The number of carbonyl (C=O) groups is 7. The van der Waals surface area contributed by atoms with Crippen LogP contribution in [0.2, 0.25) is 0 Å². The summed E-state index contributed by atoms with van der Waals surface area (Å²) in [7, 11) is -10.1. The Kier molecular flexibility index (Phi) is 22.7. The number of unbranched alkanes of at least 4 members (excludes halogenated alkanes) is 1. The Bertz CT molecular complexity index is 4300. The molecule has 3 amide bonds. The third-order valence-electron chi connectivity index (χ3n) is 15.4. The van der Waals surface area contributed by atoms with Gasteiger partial charge in [0, 0.05) is 134 Å². The molecule has 4 aromatic carbocycles. The monoisotopic (exact) mass is 1370 g/mol. The van der Waals surface area contributed by atoms with Crippen LogP contribution in [-0.2, 0) is 55.5 Å². The third kappa shape index (κ3) is 18.5. The van der Waals surface area contributed by atoms with Crippen LogP contribution in [0.1, 0.15) is 109 Å². The first-order valence-corrected chi connectivity index (χ1v) is 34.3. The van der Waals surface area contributed by atoms with Crippen molar-refractivity contribution in [2.45, 2.75) is 95.1 Å². The van der Waals surface area contributed by atoms with Crippen molar-refractivity contribution in [2.75, 3.05) is 52.8 Å². The highest BCUT2D eigenvalue weighted by molar-refractivity contribution is 7.65. The number of phosphoric acid groups is 3. The van der Waals surface area contributed by atoms with Crippen LogP contribution < -0.4 is 49.8 Å². The van der Waals surface area contributed by atoms with Gasteiger partial charge >= 0.3 is 7.82 Å². The smallest absolute Gasteiger partial charge is 0.476 e. The van der Waals surface area contributed by atoms with Gasteiger partial charge in [-0.05, 0) is 67.3 Å². The van der Waals surface area contributed by atoms with Gasteiger partial charge in [0.05, 0.1) is 49.4 Å². The van der Waals surface area contributed by atoms with Crippen molar-refractivity contribution in [3.05, 3.63) is 136 Å². The van der Waals surface area contributed by atoms with Gasteiger partial charge in [-0.2, -0.15) is 0 Å². The van der Waals surface area contributed by atoms with E-state index in [1.165, 1.54) is 6.07 Å². The van der Waals surface area contributed by atoms with E-state index in [1.807, 2.05) is 74.1 Å². The van der Waals surface area contributed by atoms with Crippen LogP contribution in [-0.4, -0.2) is 127 Å². The van der Waals surface area contributed by atoms with E-state index in [0.29, 0.717) is 81.1 Å². The predicted molar refractivity (Wildman–Crippen MR) is 333 cm³/mol. The summed E-state index contributed by atoms with van der Waals surface area (Å²) in [6.07, 6.45) is -3.07. The molecule has 5 N–H and O–H groups in total. The van der Waals surface area contributed by atoms with Crippen LogP contribution in [0.15, 0.2) is 113 Å². The largest absolute Gasteiger partial charge is 0.756 e. The second kappa shape index (κ2) is 30.5. The van der Waals surface area contributed by atoms with Crippen molar-refractivity contribution in [3.8, 4) is 51.5 Å². The average molecular weight is 1370 g/mol. The molecular formula is C64H66N5O23P3-2. The number of anilines is 1. The number of benzene rings is 5. The number of hydrogen-bond acceptors (Lipinski definition) is 22. The normalized spacial score (nSPS) is 18.0. The van der Waals surface area contributed by atoms with Gasteiger partial charge in [-0.25, -0.2) is 17.8 Å². The molecule has 1 aliphatic carbocycles. The van der Waals surface area contributed by atoms with Crippen LogP contribution >= 0.6 is 23.5 Å². The van der Waals surface area contributed by atoms with Crippen LogP contribution in [0.4, 0.5) is 5.69 Å². The number of carboxylic acid groups (broad SMARTS) is 1. The van der Waals surface area contributed by atoms with E-state index in [4.69, 9.17) is 28.4 Å². The molecule has 0 bridgehead atoms.